The number of hydrogen-bond donors (Lipinski definition) is 0. The van der Waals surface area contributed by atoms with Gasteiger partial charge >= 0.3 is 0 Å². The second kappa shape index (κ2) is 8.35. The maximum absolute atomic E-state index is 6.29. The number of benzene rings is 4. The van der Waals surface area contributed by atoms with Crippen LogP contribution in [0.25, 0.3) is 33.4 Å². The van der Waals surface area contributed by atoms with Gasteiger partial charge in [-0.05, 0) is 118 Å². The van der Waals surface area contributed by atoms with Gasteiger partial charge in [-0.3, -0.25) is 0 Å². The molecular formula is C35H33Cl. The molecule has 0 amide bonds. The number of fused-ring (bicyclic) bond motifs is 8. The van der Waals surface area contributed by atoms with Crippen LogP contribution in [0.5, 0.6) is 0 Å². The third kappa shape index (κ3) is 3.27. The van der Waals surface area contributed by atoms with Crippen LogP contribution in [0.3, 0.4) is 0 Å². The Morgan fingerprint density at radius 1 is 0.611 bits per heavy atom. The largest absolute Gasteiger partial charge is 0.0843 e. The standard InChI is InChI=1S/C35H33Cl/c1-22-15-24-17-23(2)35(29(16-22)18-24)33-12-4-3-11-31(33)32-21-28(13-14-34(32)35)26-8-5-7-25(19-26)27-9-6-10-30(36)20-27/h3-14,19-24,29H,15-18H2,1-2H3. The van der Waals surface area contributed by atoms with Gasteiger partial charge in [0.05, 0.1) is 0 Å². The molecule has 3 aliphatic carbocycles. The summed E-state index contributed by atoms with van der Waals surface area (Å²) in [6.45, 7) is 5.03. The zero-order chi connectivity index (χ0) is 24.4. The van der Waals surface area contributed by atoms with E-state index in [4.69, 9.17) is 11.6 Å². The van der Waals surface area contributed by atoms with Crippen molar-refractivity contribution in [2.75, 3.05) is 0 Å². The Bertz CT molecular complexity index is 1460. The number of halogens is 1. The minimum Gasteiger partial charge on any atom is -0.0843 e. The SMILES string of the molecule is CC1CC2CC(C)C3(c4ccccc4-c4cc(-c5cccc(-c6cccc(Cl)c6)c5)ccc43)C(C1)C2. The maximum Gasteiger partial charge on any atom is 0.0412 e. The molecule has 4 aromatic rings. The van der Waals surface area contributed by atoms with Gasteiger partial charge in [-0.15, -0.1) is 0 Å². The Labute approximate surface area is 220 Å². The molecule has 7 rings (SSSR count). The summed E-state index contributed by atoms with van der Waals surface area (Å²) in [4.78, 5) is 0. The Kier molecular flexibility index (Phi) is 5.19. The topological polar surface area (TPSA) is 0 Å². The molecule has 0 saturated heterocycles. The van der Waals surface area contributed by atoms with E-state index in [9.17, 15) is 0 Å². The van der Waals surface area contributed by atoms with Gasteiger partial charge in [0.15, 0.2) is 0 Å². The van der Waals surface area contributed by atoms with Crippen LogP contribution in [0.2, 0.25) is 5.02 Å². The summed E-state index contributed by atoms with van der Waals surface area (Å²) in [5, 5.41) is 0.776. The normalized spacial score (nSPS) is 28.1. The van der Waals surface area contributed by atoms with Gasteiger partial charge in [-0.2, -0.15) is 0 Å². The molecule has 0 aliphatic heterocycles. The van der Waals surface area contributed by atoms with E-state index in [1.165, 1.54) is 53.5 Å². The highest BCUT2D eigenvalue weighted by atomic mass is 35.5. The first-order valence-electron chi connectivity index (χ1n) is 13.6. The van der Waals surface area contributed by atoms with E-state index in [0.717, 1.165) is 28.3 Å². The molecule has 1 spiro atoms. The van der Waals surface area contributed by atoms with Crippen LogP contribution in [-0.4, -0.2) is 0 Å². The fraction of sp³-hybridized carbons (Fsp3) is 0.314. The van der Waals surface area contributed by atoms with Gasteiger partial charge in [0.1, 0.15) is 0 Å². The predicted octanol–water partition coefficient (Wildman–Crippen LogP) is 10.0. The Hall–Kier alpha value is -2.83. The fourth-order valence-electron chi connectivity index (χ4n) is 8.45. The van der Waals surface area contributed by atoms with Crippen molar-refractivity contribution in [1.82, 2.24) is 0 Å². The van der Waals surface area contributed by atoms with Gasteiger partial charge in [-0.25, -0.2) is 0 Å². The average Bonchev–Trinajstić information content (AvgIpc) is 3.18. The van der Waals surface area contributed by atoms with Gasteiger partial charge in [0, 0.05) is 10.4 Å². The minimum absolute atomic E-state index is 0.165. The second-order valence-corrected chi connectivity index (χ2v) is 12.2. The lowest BCUT2D eigenvalue weighted by molar-refractivity contribution is 0.0426. The summed E-state index contributed by atoms with van der Waals surface area (Å²) in [6, 6.07) is 33.7. The van der Waals surface area contributed by atoms with Crippen molar-refractivity contribution in [2.24, 2.45) is 23.7 Å². The van der Waals surface area contributed by atoms with Crippen molar-refractivity contribution in [1.29, 1.82) is 0 Å². The van der Waals surface area contributed by atoms with Crippen molar-refractivity contribution in [3.05, 3.63) is 107 Å². The molecule has 0 heterocycles. The molecule has 1 heteroatoms. The van der Waals surface area contributed by atoms with E-state index in [-0.39, 0.29) is 5.41 Å². The van der Waals surface area contributed by atoms with Crippen LogP contribution in [0.4, 0.5) is 0 Å². The molecule has 0 aromatic heterocycles. The van der Waals surface area contributed by atoms with Crippen molar-refractivity contribution in [3.8, 4) is 33.4 Å². The third-order valence-corrected chi connectivity index (χ3v) is 9.87. The van der Waals surface area contributed by atoms with E-state index in [0.29, 0.717) is 5.92 Å². The lowest BCUT2D eigenvalue weighted by Gasteiger charge is -2.54. The highest BCUT2D eigenvalue weighted by Crippen LogP contribution is 2.64. The van der Waals surface area contributed by atoms with Crippen molar-refractivity contribution in [2.45, 2.75) is 44.9 Å². The first-order valence-corrected chi connectivity index (χ1v) is 14.0. The monoisotopic (exact) mass is 488 g/mol. The van der Waals surface area contributed by atoms with Gasteiger partial charge in [0.2, 0.25) is 0 Å². The minimum atomic E-state index is 0.165. The lowest BCUT2D eigenvalue weighted by atomic mass is 9.49. The first kappa shape index (κ1) is 22.4. The van der Waals surface area contributed by atoms with Crippen LogP contribution >= 0.6 is 11.6 Å². The first-order chi connectivity index (χ1) is 17.5. The van der Waals surface area contributed by atoms with Crippen LogP contribution < -0.4 is 0 Å². The predicted molar refractivity (Wildman–Crippen MR) is 152 cm³/mol. The molecular weight excluding hydrogens is 456 g/mol. The summed E-state index contributed by atoms with van der Waals surface area (Å²) < 4.78 is 0. The van der Waals surface area contributed by atoms with Crippen LogP contribution in [-0.2, 0) is 5.41 Å². The summed E-state index contributed by atoms with van der Waals surface area (Å²) in [5.74, 6) is 3.16. The second-order valence-electron chi connectivity index (χ2n) is 11.8. The van der Waals surface area contributed by atoms with Crippen LogP contribution in [0, 0.1) is 23.7 Å². The molecule has 0 radical (unpaired) electrons. The van der Waals surface area contributed by atoms with E-state index < -0.39 is 0 Å². The smallest absolute Gasteiger partial charge is 0.0412 e. The van der Waals surface area contributed by atoms with Gasteiger partial charge < -0.3 is 0 Å². The van der Waals surface area contributed by atoms with Crippen LogP contribution in [0.15, 0.2) is 91.0 Å². The molecule has 180 valence electrons. The molecule has 3 aliphatic rings. The molecule has 0 nitrogen and oxygen atoms in total. The molecule has 2 fully saturated rings. The zero-order valence-corrected chi connectivity index (χ0v) is 21.9. The molecule has 4 aromatic carbocycles. The molecule has 2 saturated carbocycles. The van der Waals surface area contributed by atoms with Crippen molar-refractivity contribution >= 4 is 11.6 Å². The fourth-order valence-corrected chi connectivity index (χ4v) is 8.64. The summed E-state index contributed by atoms with van der Waals surface area (Å²) >= 11 is 6.29. The molecule has 2 bridgehead atoms. The summed E-state index contributed by atoms with van der Waals surface area (Å²) in [6.07, 6.45) is 5.54. The highest BCUT2D eigenvalue weighted by molar-refractivity contribution is 6.30. The molecule has 36 heavy (non-hydrogen) atoms. The van der Waals surface area contributed by atoms with Gasteiger partial charge in [-0.1, -0.05) is 92.2 Å². The number of rotatable bonds is 2. The highest BCUT2D eigenvalue weighted by Gasteiger charge is 2.56. The zero-order valence-electron chi connectivity index (χ0n) is 21.2. The van der Waals surface area contributed by atoms with E-state index in [2.05, 4.69) is 86.6 Å². The average molecular weight is 489 g/mol. The van der Waals surface area contributed by atoms with Crippen molar-refractivity contribution in [3.63, 3.8) is 0 Å². The lowest BCUT2D eigenvalue weighted by Crippen LogP contribution is -2.49. The quantitative estimate of drug-likeness (QED) is 0.263. The number of hydrogen-bond acceptors (Lipinski definition) is 0. The maximum atomic E-state index is 6.29. The van der Waals surface area contributed by atoms with E-state index in [1.54, 1.807) is 11.1 Å². The van der Waals surface area contributed by atoms with Crippen LogP contribution in [0.1, 0.15) is 50.7 Å². The molecule has 0 N–H and O–H groups in total. The Morgan fingerprint density at radius 3 is 2.11 bits per heavy atom. The summed E-state index contributed by atoms with van der Waals surface area (Å²) in [5.41, 5.74) is 11.2. The van der Waals surface area contributed by atoms with Crippen molar-refractivity contribution < 1.29 is 0 Å². The molecule has 5 unspecified atom stereocenters. The van der Waals surface area contributed by atoms with E-state index in [1.807, 2.05) is 18.2 Å². The summed E-state index contributed by atoms with van der Waals surface area (Å²) in [7, 11) is 0. The van der Waals surface area contributed by atoms with E-state index >= 15 is 0 Å². The molecule has 5 atom stereocenters. The Morgan fingerprint density at radius 2 is 1.31 bits per heavy atom. The third-order valence-electron chi connectivity index (χ3n) is 9.63. The Balaban J connectivity index is 1.37. The van der Waals surface area contributed by atoms with Gasteiger partial charge in [0.25, 0.3) is 0 Å².